The lowest BCUT2D eigenvalue weighted by molar-refractivity contribution is -0.143. The zero-order valence-corrected chi connectivity index (χ0v) is 16.7. The molecule has 0 saturated carbocycles. The maximum absolute atomic E-state index is 12.5. The van der Waals surface area contributed by atoms with E-state index in [0.29, 0.717) is 18.9 Å². The lowest BCUT2D eigenvalue weighted by Gasteiger charge is -2.19. The molecule has 1 aromatic carbocycles. The fourth-order valence-electron chi connectivity index (χ4n) is 2.90. The van der Waals surface area contributed by atoms with Crippen LogP contribution in [0.25, 0.3) is 0 Å². The first-order valence-corrected chi connectivity index (χ1v) is 10.4. The van der Waals surface area contributed by atoms with Crippen LogP contribution in [0.2, 0.25) is 0 Å². The zero-order valence-electron chi connectivity index (χ0n) is 15.9. The van der Waals surface area contributed by atoms with Crippen LogP contribution in [-0.2, 0) is 10.0 Å². The van der Waals surface area contributed by atoms with Gasteiger partial charge in [0, 0.05) is 39.3 Å². The van der Waals surface area contributed by atoms with Gasteiger partial charge in [-0.05, 0) is 25.5 Å². The predicted octanol–water partition coefficient (Wildman–Crippen LogP) is 1.07. The van der Waals surface area contributed by atoms with Crippen LogP contribution < -0.4 is 15.4 Å². The average molecular weight is 421 g/mol. The number of nitrogens with zero attached hydrogens (tertiary/aromatic N) is 2. The third-order valence-electron chi connectivity index (χ3n) is 4.28. The van der Waals surface area contributed by atoms with E-state index in [-0.39, 0.29) is 30.6 Å². The Morgan fingerprint density at radius 1 is 1.25 bits per heavy atom. The van der Waals surface area contributed by atoms with E-state index in [9.17, 15) is 21.6 Å². The van der Waals surface area contributed by atoms with Crippen molar-refractivity contribution in [2.45, 2.75) is 30.5 Å². The van der Waals surface area contributed by atoms with Crippen LogP contribution >= 0.6 is 0 Å². The highest BCUT2D eigenvalue weighted by molar-refractivity contribution is 7.89. The molecule has 1 aromatic rings. The number of benzene rings is 1. The van der Waals surface area contributed by atoms with E-state index < -0.39 is 22.7 Å². The zero-order chi connectivity index (χ0) is 20.8. The van der Waals surface area contributed by atoms with E-state index >= 15 is 0 Å². The fraction of sp³-hybridized carbons (Fsp3) is 0.588. The van der Waals surface area contributed by atoms with Crippen LogP contribution in [-0.4, -0.2) is 71.3 Å². The maximum atomic E-state index is 12.5. The summed E-state index contributed by atoms with van der Waals surface area (Å²) in [6, 6.07) is 6.39. The minimum atomic E-state index is -4.20. The minimum absolute atomic E-state index is 0.141. The SMILES string of the molecule is CN=C(NCCNS(=O)(=O)c1ccc(C)cc1)NC1CCN(CC(F)(F)F)C1. The van der Waals surface area contributed by atoms with Gasteiger partial charge in [-0.15, -0.1) is 0 Å². The Labute approximate surface area is 163 Å². The van der Waals surface area contributed by atoms with Crippen LogP contribution in [0.3, 0.4) is 0 Å². The lowest BCUT2D eigenvalue weighted by Crippen LogP contribution is -2.47. The van der Waals surface area contributed by atoms with Gasteiger partial charge in [-0.2, -0.15) is 13.2 Å². The number of alkyl halides is 3. The van der Waals surface area contributed by atoms with Gasteiger partial charge in [0.25, 0.3) is 0 Å². The summed E-state index contributed by atoms with van der Waals surface area (Å²) in [5.41, 5.74) is 0.969. The summed E-state index contributed by atoms with van der Waals surface area (Å²) in [6.45, 7) is 2.02. The van der Waals surface area contributed by atoms with Crippen LogP contribution in [0.5, 0.6) is 0 Å². The van der Waals surface area contributed by atoms with Crippen molar-refractivity contribution in [3.05, 3.63) is 29.8 Å². The molecule has 2 rings (SSSR count). The van der Waals surface area contributed by atoms with Crippen molar-refractivity contribution < 1.29 is 21.6 Å². The molecule has 0 radical (unpaired) electrons. The topological polar surface area (TPSA) is 85.8 Å². The molecule has 0 aliphatic carbocycles. The number of hydrogen-bond acceptors (Lipinski definition) is 4. The first kappa shape index (κ1) is 22.4. The number of sulfonamides is 1. The molecule has 1 unspecified atom stereocenters. The Morgan fingerprint density at radius 3 is 2.54 bits per heavy atom. The second kappa shape index (κ2) is 9.57. The first-order chi connectivity index (χ1) is 13.1. The lowest BCUT2D eigenvalue weighted by atomic mass is 10.2. The molecule has 0 aromatic heterocycles. The molecule has 28 heavy (non-hydrogen) atoms. The van der Waals surface area contributed by atoms with Crippen molar-refractivity contribution in [1.82, 2.24) is 20.3 Å². The van der Waals surface area contributed by atoms with Gasteiger partial charge in [-0.25, -0.2) is 13.1 Å². The van der Waals surface area contributed by atoms with Crippen molar-refractivity contribution in [3.63, 3.8) is 0 Å². The molecule has 1 heterocycles. The number of nitrogens with one attached hydrogen (secondary N) is 3. The van der Waals surface area contributed by atoms with Gasteiger partial charge in [0.15, 0.2) is 5.96 Å². The second-order valence-electron chi connectivity index (χ2n) is 6.69. The Balaban J connectivity index is 1.73. The van der Waals surface area contributed by atoms with E-state index in [2.05, 4.69) is 20.3 Å². The van der Waals surface area contributed by atoms with Crippen LogP contribution in [0.1, 0.15) is 12.0 Å². The van der Waals surface area contributed by atoms with Gasteiger partial charge >= 0.3 is 6.18 Å². The summed E-state index contributed by atoms with van der Waals surface area (Å²) in [6.07, 6.45) is -3.62. The molecule has 3 N–H and O–H groups in total. The number of hydrogen-bond donors (Lipinski definition) is 3. The minimum Gasteiger partial charge on any atom is -0.355 e. The summed E-state index contributed by atoms with van der Waals surface area (Å²) < 4.78 is 64.3. The van der Waals surface area contributed by atoms with Crippen molar-refractivity contribution in [2.75, 3.05) is 39.8 Å². The number of likely N-dealkylation sites (tertiary alicyclic amines) is 1. The van der Waals surface area contributed by atoms with Gasteiger partial charge < -0.3 is 10.6 Å². The normalized spacial score (nSPS) is 19.0. The molecule has 1 atom stereocenters. The predicted molar refractivity (Wildman–Crippen MR) is 102 cm³/mol. The number of aliphatic imine (C=N–C) groups is 1. The molecule has 1 saturated heterocycles. The highest BCUT2D eigenvalue weighted by Crippen LogP contribution is 2.19. The van der Waals surface area contributed by atoms with Gasteiger partial charge in [-0.3, -0.25) is 9.89 Å². The standard InChI is InChI=1S/C17H26F3N5O2S/c1-13-3-5-15(6-4-13)28(26,27)23-9-8-22-16(21-2)24-14-7-10-25(11-14)12-17(18,19)20/h3-6,14,23H,7-12H2,1-2H3,(H2,21,22,24). The van der Waals surface area contributed by atoms with Gasteiger partial charge in [0.05, 0.1) is 11.4 Å². The first-order valence-electron chi connectivity index (χ1n) is 8.92. The molecule has 158 valence electrons. The molecule has 7 nitrogen and oxygen atoms in total. The Bertz CT molecular complexity index is 766. The van der Waals surface area contributed by atoms with E-state index in [4.69, 9.17) is 0 Å². The van der Waals surface area contributed by atoms with E-state index in [1.807, 2.05) is 6.92 Å². The maximum Gasteiger partial charge on any atom is 0.401 e. The molecule has 1 fully saturated rings. The molecule has 1 aliphatic heterocycles. The smallest absolute Gasteiger partial charge is 0.355 e. The Kier molecular flexibility index (Phi) is 7.67. The third kappa shape index (κ3) is 7.28. The van der Waals surface area contributed by atoms with Crippen LogP contribution in [0.4, 0.5) is 13.2 Å². The number of rotatable bonds is 7. The van der Waals surface area contributed by atoms with Crippen LogP contribution in [0.15, 0.2) is 34.2 Å². The van der Waals surface area contributed by atoms with E-state index in [1.165, 1.54) is 4.90 Å². The Hall–Kier alpha value is -1.85. The quantitative estimate of drug-likeness (QED) is 0.349. The second-order valence-corrected chi connectivity index (χ2v) is 8.46. The summed E-state index contributed by atoms with van der Waals surface area (Å²) in [5, 5.41) is 6.03. The molecule has 0 amide bonds. The number of aryl methyl sites for hydroxylation is 1. The summed E-state index contributed by atoms with van der Waals surface area (Å²) in [5.74, 6) is 0.424. The van der Waals surface area contributed by atoms with Crippen molar-refractivity contribution in [1.29, 1.82) is 0 Å². The summed E-state index contributed by atoms with van der Waals surface area (Å²) in [4.78, 5) is 5.57. The number of guanidine groups is 1. The Morgan fingerprint density at radius 2 is 1.93 bits per heavy atom. The molecular weight excluding hydrogens is 395 g/mol. The van der Waals surface area contributed by atoms with Crippen molar-refractivity contribution in [3.8, 4) is 0 Å². The summed E-state index contributed by atoms with van der Waals surface area (Å²) in [7, 11) is -2.04. The van der Waals surface area contributed by atoms with E-state index in [1.54, 1.807) is 31.3 Å². The average Bonchev–Trinajstić information content (AvgIpc) is 3.03. The van der Waals surface area contributed by atoms with Crippen molar-refractivity contribution in [2.24, 2.45) is 4.99 Å². The van der Waals surface area contributed by atoms with Gasteiger partial charge in [-0.1, -0.05) is 17.7 Å². The van der Waals surface area contributed by atoms with Gasteiger partial charge in [0.1, 0.15) is 0 Å². The van der Waals surface area contributed by atoms with E-state index in [0.717, 1.165) is 5.56 Å². The highest BCUT2D eigenvalue weighted by atomic mass is 32.2. The molecule has 1 aliphatic rings. The van der Waals surface area contributed by atoms with Crippen LogP contribution in [0, 0.1) is 6.92 Å². The summed E-state index contributed by atoms with van der Waals surface area (Å²) >= 11 is 0. The number of halogens is 3. The molecule has 0 bridgehead atoms. The molecular formula is C17H26F3N5O2S. The largest absolute Gasteiger partial charge is 0.401 e. The van der Waals surface area contributed by atoms with Gasteiger partial charge in [0.2, 0.25) is 10.0 Å². The fourth-order valence-corrected chi connectivity index (χ4v) is 3.93. The monoisotopic (exact) mass is 421 g/mol. The molecule has 11 heteroatoms. The van der Waals surface area contributed by atoms with Crippen molar-refractivity contribution >= 4 is 16.0 Å². The highest BCUT2D eigenvalue weighted by Gasteiger charge is 2.34. The third-order valence-corrected chi connectivity index (χ3v) is 5.76. The molecule has 0 spiro atoms.